The Labute approximate surface area is 174 Å². The summed E-state index contributed by atoms with van der Waals surface area (Å²) in [7, 11) is 0. The Morgan fingerprint density at radius 1 is 1.17 bits per heavy atom. The Bertz CT molecular complexity index is 990. The molecule has 2 aromatic heterocycles. The Hall–Kier alpha value is -3.19. The number of thiocarbonyl (C=S) groups is 1. The molecule has 7 heteroatoms. The van der Waals surface area contributed by atoms with Crippen LogP contribution in [-0.2, 0) is 4.79 Å². The number of aromatic nitrogens is 1. The van der Waals surface area contributed by atoms with Gasteiger partial charge in [-0.3, -0.25) is 9.78 Å². The van der Waals surface area contributed by atoms with Crippen LogP contribution in [0.15, 0.2) is 71.3 Å². The predicted molar refractivity (Wildman–Crippen MR) is 115 cm³/mol. The third-order valence-electron chi connectivity index (χ3n) is 4.89. The largest absolute Gasteiger partial charge is 0.464 e. The van der Waals surface area contributed by atoms with Gasteiger partial charge in [-0.25, -0.2) is 0 Å². The number of hydrogen-bond donors (Lipinski definition) is 2. The van der Waals surface area contributed by atoms with Gasteiger partial charge in [0.15, 0.2) is 5.11 Å². The Morgan fingerprint density at radius 3 is 2.66 bits per heavy atom. The van der Waals surface area contributed by atoms with Gasteiger partial charge in [0.2, 0.25) is 5.91 Å². The van der Waals surface area contributed by atoms with Crippen molar-refractivity contribution in [2.75, 3.05) is 11.9 Å². The average molecular weight is 407 g/mol. The number of hydrogen-bond acceptors (Lipinski definition) is 4. The van der Waals surface area contributed by atoms with Gasteiger partial charge in [-0.2, -0.15) is 0 Å². The second kappa shape index (κ2) is 8.45. The average Bonchev–Trinajstić information content (AvgIpc) is 3.30. The zero-order valence-corrected chi connectivity index (χ0v) is 16.9. The SMILES string of the molecule is Cc1ccc(C2C(c3ccccn3)NC(=S)N2CCC(=O)Nc2ccccc2)o1. The van der Waals surface area contributed by atoms with Crippen LogP contribution < -0.4 is 10.6 Å². The number of carbonyl (C=O) groups is 1. The molecular formula is C22H22N4O2S. The number of aryl methyl sites for hydroxylation is 1. The highest BCUT2D eigenvalue weighted by molar-refractivity contribution is 7.80. The topological polar surface area (TPSA) is 70.4 Å². The maximum atomic E-state index is 12.4. The first-order chi connectivity index (χ1) is 14.1. The molecule has 2 N–H and O–H groups in total. The van der Waals surface area contributed by atoms with Gasteiger partial charge >= 0.3 is 0 Å². The molecule has 1 fully saturated rings. The number of carbonyl (C=O) groups excluding carboxylic acids is 1. The van der Waals surface area contributed by atoms with Crippen molar-refractivity contribution in [3.8, 4) is 0 Å². The number of rotatable bonds is 6. The van der Waals surface area contributed by atoms with E-state index in [0.717, 1.165) is 22.9 Å². The van der Waals surface area contributed by atoms with E-state index in [2.05, 4.69) is 15.6 Å². The fourth-order valence-electron chi connectivity index (χ4n) is 3.53. The number of nitrogens with one attached hydrogen (secondary N) is 2. The van der Waals surface area contributed by atoms with E-state index in [0.29, 0.717) is 18.1 Å². The number of amides is 1. The van der Waals surface area contributed by atoms with Crippen LogP contribution in [0.25, 0.3) is 0 Å². The van der Waals surface area contributed by atoms with Crippen LogP contribution in [0.5, 0.6) is 0 Å². The molecule has 2 atom stereocenters. The van der Waals surface area contributed by atoms with Crippen molar-refractivity contribution in [3.05, 3.63) is 84.1 Å². The summed E-state index contributed by atoms with van der Waals surface area (Å²) in [4.78, 5) is 18.9. The van der Waals surface area contributed by atoms with E-state index in [-0.39, 0.29) is 18.0 Å². The lowest BCUT2D eigenvalue weighted by Crippen LogP contribution is -2.32. The second-order valence-corrected chi connectivity index (χ2v) is 7.32. The maximum Gasteiger partial charge on any atom is 0.226 e. The van der Waals surface area contributed by atoms with Crippen LogP contribution >= 0.6 is 12.2 Å². The van der Waals surface area contributed by atoms with Crippen LogP contribution in [0.4, 0.5) is 5.69 Å². The molecule has 0 spiro atoms. The molecule has 1 aromatic carbocycles. The van der Waals surface area contributed by atoms with Crippen molar-refractivity contribution >= 4 is 28.9 Å². The molecule has 4 rings (SSSR count). The summed E-state index contributed by atoms with van der Waals surface area (Å²) in [6.45, 7) is 2.38. The summed E-state index contributed by atoms with van der Waals surface area (Å²) in [6.07, 6.45) is 2.07. The minimum Gasteiger partial charge on any atom is -0.464 e. The fraction of sp³-hybridized carbons (Fsp3) is 0.227. The molecule has 29 heavy (non-hydrogen) atoms. The van der Waals surface area contributed by atoms with Crippen LogP contribution in [0.1, 0.15) is 35.7 Å². The first kappa shape index (κ1) is 19.1. The van der Waals surface area contributed by atoms with Gasteiger partial charge < -0.3 is 20.0 Å². The lowest BCUT2D eigenvalue weighted by Gasteiger charge is -2.25. The Morgan fingerprint density at radius 2 is 1.97 bits per heavy atom. The first-order valence-corrected chi connectivity index (χ1v) is 9.92. The maximum absolute atomic E-state index is 12.4. The molecule has 2 unspecified atom stereocenters. The lowest BCUT2D eigenvalue weighted by atomic mass is 10.0. The minimum atomic E-state index is -0.171. The molecule has 1 aliphatic heterocycles. The predicted octanol–water partition coefficient (Wildman–Crippen LogP) is 3.98. The Kier molecular flexibility index (Phi) is 5.57. The quantitative estimate of drug-likeness (QED) is 0.604. The van der Waals surface area contributed by atoms with Crippen molar-refractivity contribution in [1.29, 1.82) is 0 Å². The van der Waals surface area contributed by atoms with Crippen LogP contribution in [0.2, 0.25) is 0 Å². The van der Waals surface area contributed by atoms with E-state index in [4.69, 9.17) is 16.6 Å². The zero-order chi connectivity index (χ0) is 20.2. The summed E-state index contributed by atoms with van der Waals surface area (Å²) in [5.74, 6) is 1.57. The summed E-state index contributed by atoms with van der Waals surface area (Å²) < 4.78 is 5.93. The van der Waals surface area contributed by atoms with E-state index in [1.165, 1.54) is 0 Å². The molecule has 148 valence electrons. The Balaban J connectivity index is 1.52. The number of anilines is 1. The van der Waals surface area contributed by atoms with Crippen LogP contribution in [0.3, 0.4) is 0 Å². The van der Waals surface area contributed by atoms with Crippen LogP contribution in [-0.4, -0.2) is 27.4 Å². The number of nitrogens with zero attached hydrogens (tertiary/aromatic N) is 2. The van der Waals surface area contributed by atoms with Crippen LogP contribution in [0, 0.1) is 6.92 Å². The van der Waals surface area contributed by atoms with E-state index >= 15 is 0 Å². The molecule has 1 aliphatic rings. The monoisotopic (exact) mass is 406 g/mol. The smallest absolute Gasteiger partial charge is 0.226 e. The third-order valence-corrected chi connectivity index (χ3v) is 5.24. The van der Waals surface area contributed by atoms with Crippen molar-refractivity contribution < 1.29 is 9.21 Å². The molecule has 0 aliphatic carbocycles. The van der Waals surface area contributed by atoms with Gasteiger partial charge in [-0.05, 0) is 55.5 Å². The summed E-state index contributed by atoms with van der Waals surface area (Å²) >= 11 is 5.60. The molecule has 1 amide bonds. The van der Waals surface area contributed by atoms with E-state index in [1.807, 2.05) is 72.5 Å². The highest BCUT2D eigenvalue weighted by Gasteiger charge is 2.41. The van der Waals surface area contributed by atoms with Crippen molar-refractivity contribution in [3.63, 3.8) is 0 Å². The van der Waals surface area contributed by atoms with Gasteiger partial charge in [0, 0.05) is 24.8 Å². The number of pyridine rings is 1. The van der Waals surface area contributed by atoms with Crippen molar-refractivity contribution in [2.45, 2.75) is 25.4 Å². The molecule has 3 heterocycles. The minimum absolute atomic E-state index is 0.0605. The highest BCUT2D eigenvalue weighted by Crippen LogP contribution is 2.39. The molecule has 1 saturated heterocycles. The summed E-state index contributed by atoms with van der Waals surface area (Å²) in [5, 5.41) is 6.86. The normalized spacial score (nSPS) is 18.5. The fourth-order valence-corrected chi connectivity index (χ4v) is 3.87. The summed E-state index contributed by atoms with van der Waals surface area (Å²) in [6, 6.07) is 18.8. The standard InChI is InChI=1S/C22H22N4O2S/c1-15-10-11-18(28-15)21-20(17-9-5-6-13-23-17)25-22(29)26(21)14-12-19(27)24-16-7-3-2-4-8-16/h2-11,13,20-21H,12,14H2,1H3,(H,24,27)(H,25,29). The third kappa shape index (κ3) is 4.30. The van der Waals surface area contributed by atoms with Crippen molar-refractivity contribution in [1.82, 2.24) is 15.2 Å². The van der Waals surface area contributed by atoms with Gasteiger partial charge in [0.05, 0.1) is 11.7 Å². The molecule has 3 aromatic rings. The number of furan rings is 1. The first-order valence-electron chi connectivity index (χ1n) is 9.51. The molecule has 0 radical (unpaired) electrons. The van der Waals surface area contributed by atoms with E-state index < -0.39 is 0 Å². The lowest BCUT2D eigenvalue weighted by molar-refractivity contribution is -0.116. The molecular weight excluding hydrogens is 384 g/mol. The van der Waals surface area contributed by atoms with Gasteiger partial charge in [0.25, 0.3) is 0 Å². The number of para-hydroxylation sites is 1. The van der Waals surface area contributed by atoms with Crippen molar-refractivity contribution in [2.24, 2.45) is 0 Å². The zero-order valence-electron chi connectivity index (χ0n) is 16.0. The molecule has 6 nitrogen and oxygen atoms in total. The second-order valence-electron chi connectivity index (χ2n) is 6.93. The van der Waals surface area contributed by atoms with E-state index in [9.17, 15) is 4.79 Å². The molecule has 0 bridgehead atoms. The molecule has 0 saturated carbocycles. The van der Waals surface area contributed by atoms with Gasteiger partial charge in [0.1, 0.15) is 17.6 Å². The van der Waals surface area contributed by atoms with E-state index in [1.54, 1.807) is 6.20 Å². The highest BCUT2D eigenvalue weighted by atomic mass is 32.1. The van der Waals surface area contributed by atoms with Gasteiger partial charge in [-0.15, -0.1) is 0 Å². The summed E-state index contributed by atoms with van der Waals surface area (Å²) in [5.41, 5.74) is 1.66. The number of benzene rings is 1. The van der Waals surface area contributed by atoms with Gasteiger partial charge in [-0.1, -0.05) is 24.3 Å².